The molecule has 0 aliphatic heterocycles. The van der Waals surface area contributed by atoms with Crippen LogP contribution in [0, 0.1) is 12.8 Å². The molecule has 0 bridgehead atoms. The van der Waals surface area contributed by atoms with Crippen LogP contribution in [-0.2, 0) is 11.4 Å². The normalized spacial score (nSPS) is 16.0. The van der Waals surface area contributed by atoms with E-state index in [1.165, 1.54) is 10.4 Å². The van der Waals surface area contributed by atoms with E-state index in [0.717, 1.165) is 6.42 Å². The van der Waals surface area contributed by atoms with E-state index in [1.807, 2.05) is 20.8 Å². The van der Waals surface area contributed by atoms with Crippen molar-refractivity contribution in [2.24, 2.45) is 5.92 Å². The summed E-state index contributed by atoms with van der Waals surface area (Å²) in [7, 11) is 0. The van der Waals surface area contributed by atoms with Gasteiger partial charge >= 0.3 is 0 Å². The van der Waals surface area contributed by atoms with Gasteiger partial charge in [-0.1, -0.05) is 13.8 Å². The Morgan fingerprint density at radius 2 is 2.00 bits per heavy atom. The van der Waals surface area contributed by atoms with Crippen LogP contribution in [-0.4, -0.2) is 9.30 Å². The topological polar surface area (TPSA) is 35.1 Å². The van der Waals surface area contributed by atoms with E-state index in [1.54, 1.807) is 11.3 Å². The molecule has 0 aromatic carbocycles. The van der Waals surface area contributed by atoms with E-state index in [2.05, 4.69) is 36.9 Å². The third-order valence-corrected chi connectivity index (χ3v) is 5.38. The number of nitrogens with one attached hydrogen (secondary N) is 1. The number of rotatable bonds is 5. The van der Waals surface area contributed by atoms with Crippen LogP contribution < -0.4 is 4.72 Å². The molecular formula is C14H25NOS2. The first-order valence-corrected chi connectivity index (χ1v) is 8.46. The molecule has 1 aromatic heterocycles. The van der Waals surface area contributed by atoms with Gasteiger partial charge in [0.25, 0.3) is 0 Å². The molecule has 0 aliphatic carbocycles. The van der Waals surface area contributed by atoms with Crippen LogP contribution in [0.25, 0.3) is 0 Å². The third kappa shape index (κ3) is 4.92. The number of thiophene rings is 1. The molecule has 0 radical (unpaired) electrons. The highest BCUT2D eigenvalue weighted by Crippen LogP contribution is 2.29. The minimum absolute atomic E-state index is 0.198. The van der Waals surface area contributed by atoms with Gasteiger partial charge in [0.05, 0.1) is 6.04 Å². The molecule has 1 rings (SSSR count). The van der Waals surface area contributed by atoms with Crippen molar-refractivity contribution in [3.63, 3.8) is 0 Å². The fourth-order valence-corrected chi connectivity index (χ4v) is 3.51. The standard InChI is InChI=1S/C14H25NOS2/c1-10(2)7-12(13-8-11(3)9-17-13)15-18(16)14(4,5)6/h8-10,12,15H,7H2,1-6H3/t12-,18?/m0/s1. The second-order valence-corrected chi connectivity index (χ2v) is 9.15. The monoisotopic (exact) mass is 287 g/mol. The van der Waals surface area contributed by atoms with Gasteiger partial charge in [-0.3, -0.25) is 0 Å². The lowest BCUT2D eigenvalue weighted by molar-refractivity contribution is 0.466. The van der Waals surface area contributed by atoms with Crippen molar-refractivity contribution in [1.29, 1.82) is 0 Å². The van der Waals surface area contributed by atoms with Gasteiger partial charge < -0.3 is 4.55 Å². The maximum atomic E-state index is 12.2. The predicted octanol–water partition coefficient (Wildman–Crippen LogP) is 4.20. The predicted molar refractivity (Wildman–Crippen MR) is 82.3 cm³/mol. The lowest BCUT2D eigenvalue weighted by Crippen LogP contribution is -2.41. The highest BCUT2D eigenvalue weighted by Gasteiger charge is 2.30. The Bertz CT molecular complexity index is 368. The van der Waals surface area contributed by atoms with Crippen molar-refractivity contribution in [2.45, 2.75) is 58.8 Å². The fraction of sp³-hybridized carbons (Fsp3) is 0.714. The molecule has 1 aromatic rings. The smallest absolute Gasteiger partial charge is 0.136 e. The Hall–Kier alpha value is -0.0300. The molecule has 0 spiro atoms. The lowest BCUT2D eigenvalue weighted by Gasteiger charge is -2.28. The Morgan fingerprint density at radius 1 is 1.39 bits per heavy atom. The molecule has 1 N–H and O–H groups in total. The third-order valence-electron chi connectivity index (χ3n) is 2.61. The zero-order valence-corrected chi connectivity index (χ0v) is 13.9. The van der Waals surface area contributed by atoms with E-state index < -0.39 is 11.4 Å². The summed E-state index contributed by atoms with van der Waals surface area (Å²) >= 11 is 0.737. The first-order valence-electron chi connectivity index (χ1n) is 6.43. The van der Waals surface area contributed by atoms with Gasteiger partial charge in [-0.15, -0.1) is 16.1 Å². The summed E-state index contributed by atoms with van der Waals surface area (Å²) in [5, 5.41) is 2.16. The Kier molecular flexibility index (Phi) is 5.71. The van der Waals surface area contributed by atoms with Crippen LogP contribution in [0.5, 0.6) is 0 Å². The van der Waals surface area contributed by atoms with Crippen molar-refractivity contribution in [1.82, 2.24) is 4.72 Å². The SMILES string of the molecule is Cc1csc([C@H](CC(C)C)N[S+]([O-])C(C)(C)C)c1. The number of aryl methyl sites for hydroxylation is 1. The van der Waals surface area contributed by atoms with Gasteiger partial charge in [0, 0.05) is 16.2 Å². The molecule has 0 aliphatic rings. The van der Waals surface area contributed by atoms with Crippen LogP contribution >= 0.6 is 11.3 Å². The highest BCUT2D eigenvalue weighted by molar-refractivity contribution is 7.90. The average Bonchev–Trinajstić information content (AvgIpc) is 2.61. The second kappa shape index (κ2) is 6.42. The van der Waals surface area contributed by atoms with Crippen molar-refractivity contribution >= 4 is 22.7 Å². The summed E-state index contributed by atoms with van der Waals surface area (Å²) < 4.78 is 15.3. The van der Waals surface area contributed by atoms with Gasteiger partial charge in [-0.25, -0.2) is 0 Å². The summed E-state index contributed by atoms with van der Waals surface area (Å²) in [5.41, 5.74) is 1.28. The highest BCUT2D eigenvalue weighted by atomic mass is 32.2. The van der Waals surface area contributed by atoms with E-state index in [4.69, 9.17) is 0 Å². The van der Waals surface area contributed by atoms with Crippen LogP contribution in [0.4, 0.5) is 0 Å². The first kappa shape index (κ1) is 16.0. The van der Waals surface area contributed by atoms with Gasteiger partial charge in [0.2, 0.25) is 0 Å². The molecule has 2 nitrogen and oxygen atoms in total. The summed E-state index contributed by atoms with van der Waals surface area (Å²) in [6, 6.07) is 2.40. The summed E-state index contributed by atoms with van der Waals surface area (Å²) in [6.45, 7) is 12.5. The molecule has 0 saturated heterocycles. The second-order valence-electron chi connectivity index (χ2n) is 6.21. The zero-order valence-electron chi connectivity index (χ0n) is 12.2. The van der Waals surface area contributed by atoms with Crippen molar-refractivity contribution in [3.05, 3.63) is 21.9 Å². The van der Waals surface area contributed by atoms with Crippen molar-refractivity contribution < 1.29 is 4.55 Å². The molecule has 4 heteroatoms. The van der Waals surface area contributed by atoms with Gasteiger partial charge in [0.1, 0.15) is 4.75 Å². The molecule has 0 saturated carbocycles. The molecule has 104 valence electrons. The molecule has 0 fully saturated rings. The molecule has 18 heavy (non-hydrogen) atoms. The zero-order chi connectivity index (χ0) is 13.9. The average molecular weight is 287 g/mol. The molecular weight excluding hydrogens is 262 g/mol. The fourth-order valence-electron chi connectivity index (χ4n) is 1.64. The maximum Gasteiger partial charge on any atom is 0.136 e. The van der Waals surface area contributed by atoms with Gasteiger partial charge in [0.15, 0.2) is 0 Å². The van der Waals surface area contributed by atoms with Gasteiger partial charge in [-0.05, 0) is 57.0 Å². The Morgan fingerprint density at radius 3 is 2.39 bits per heavy atom. The molecule has 2 atom stereocenters. The van der Waals surface area contributed by atoms with Crippen LogP contribution in [0.1, 0.15) is 57.5 Å². The quantitative estimate of drug-likeness (QED) is 0.824. The van der Waals surface area contributed by atoms with Crippen molar-refractivity contribution in [3.8, 4) is 0 Å². The molecule has 1 heterocycles. The lowest BCUT2D eigenvalue weighted by atomic mass is 10.0. The minimum Gasteiger partial charge on any atom is -0.598 e. The van der Waals surface area contributed by atoms with E-state index in [-0.39, 0.29) is 10.8 Å². The summed E-state index contributed by atoms with van der Waals surface area (Å²) in [6.07, 6.45) is 1.02. The van der Waals surface area contributed by atoms with Crippen LogP contribution in [0.2, 0.25) is 0 Å². The summed E-state index contributed by atoms with van der Waals surface area (Å²) in [4.78, 5) is 1.29. The number of hydrogen-bond acceptors (Lipinski definition) is 3. The van der Waals surface area contributed by atoms with E-state index in [0.29, 0.717) is 5.92 Å². The number of hydrogen-bond donors (Lipinski definition) is 1. The van der Waals surface area contributed by atoms with Crippen LogP contribution in [0.15, 0.2) is 11.4 Å². The van der Waals surface area contributed by atoms with Gasteiger partial charge in [-0.2, -0.15) is 0 Å². The van der Waals surface area contributed by atoms with Crippen molar-refractivity contribution in [2.75, 3.05) is 0 Å². The van der Waals surface area contributed by atoms with Crippen LogP contribution in [0.3, 0.4) is 0 Å². The Balaban J connectivity index is 2.79. The van der Waals surface area contributed by atoms with E-state index in [9.17, 15) is 4.55 Å². The first-order chi connectivity index (χ1) is 8.20. The largest absolute Gasteiger partial charge is 0.598 e. The molecule has 0 amide bonds. The minimum atomic E-state index is -1.02. The Labute approximate surface area is 119 Å². The van der Waals surface area contributed by atoms with E-state index >= 15 is 0 Å². The summed E-state index contributed by atoms with van der Waals surface area (Å²) in [5.74, 6) is 0.585. The maximum absolute atomic E-state index is 12.2. The molecule has 1 unspecified atom stereocenters.